The van der Waals surface area contributed by atoms with Gasteiger partial charge in [0.05, 0.1) is 16.7 Å². The number of nitrogens with zero attached hydrogens (tertiary/aromatic N) is 4. The van der Waals surface area contributed by atoms with Gasteiger partial charge in [-0.1, -0.05) is 0 Å². The molecule has 0 aliphatic rings. The lowest BCUT2D eigenvalue weighted by atomic mass is 10.2. The lowest BCUT2D eigenvalue weighted by molar-refractivity contribution is 1.13. The van der Waals surface area contributed by atoms with Gasteiger partial charge in [0.2, 0.25) is 0 Å². The zero-order valence-electron chi connectivity index (χ0n) is 9.91. The van der Waals surface area contributed by atoms with Crippen LogP contribution in [0.5, 0.6) is 0 Å². The summed E-state index contributed by atoms with van der Waals surface area (Å²) in [5, 5.41) is 0. The summed E-state index contributed by atoms with van der Waals surface area (Å²) < 4.78 is 1.86. The van der Waals surface area contributed by atoms with Gasteiger partial charge >= 0.3 is 0 Å². The van der Waals surface area contributed by atoms with E-state index in [-0.39, 0.29) is 0 Å². The van der Waals surface area contributed by atoms with Gasteiger partial charge in [-0.2, -0.15) is 0 Å². The molecule has 92 valence electrons. The molecule has 0 aliphatic carbocycles. The number of H-pyrrole nitrogens is 1. The average molecular weight is 250 g/mol. The number of aromatic nitrogens is 5. The average Bonchev–Trinajstić information content (AvgIpc) is 3.04. The quantitative estimate of drug-likeness (QED) is 0.540. The molecule has 6 nitrogen and oxygen atoms in total. The van der Waals surface area contributed by atoms with Crippen LogP contribution in [0, 0.1) is 0 Å². The number of pyridine rings is 1. The van der Waals surface area contributed by atoms with Crippen LogP contribution in [0.25, 0.3) is 27.9 Å². The maximum absolute atomic E-state index is 5.81. The predicted molar refractivity (Wildman–Crippen MR) is 72.5 cm³/mol. The third kappa shape index (κ3) is 1.46. The van der Waals surface area contributed by atoms with E-state index in [0.717, 1.165) is 22.3 Å². The Labute approximate surface area is 107 Å². The minimum atomic E-state index is 0.419. The van der Waals surface area contributed by atoms with Crippen molar-refractivity contribution < 1.29 is 0 Å². The Balaban J connectivity index is 1.95. The Morgan fingerprint density at radius 2 is 2.21 bits per heavy atom. The number of aromatic amines is 1. The highest BCUT2D eigenvalue weighted by Gasteiger charge is 2.08. The number of nitrogen functional groups attached to an aromatic ring is 1. The molecule has 0 unspecified atom stereocenters. The van der Waals surface area contributed by atoms with Crippen molar-refractivity contribution in [2.75, 3.05) is 5.73 Å². The molecule has 4 aromatic rings. The number of nitrogens with two attached hydrogens (primary N) is 1. The summed E-state index contributed by atoms with van der Waals surface area (Å²) in [6, 6.07) is 3.96. The molecule has 0 saturated carbocycles. The number of imidazole rings is 1. The van der Waals surface area contributed by atoms with E-state index in [0.29, 0.717) is 11.5 Å². The van der Waals surface area contributed by atoms with Crippen LogP contribution in [0.2, 0.25) is 0 Å². The standard InChI is InChI=1S/C13H10N6/c14-12-13-18-11(7-19(13)4-3-16-12)8-5-10-9(17-6-8)1-2-15-10/h1-7,15H,(H2,14,16). The van der Waals surface area contributed by atoms with Crippen molar-refractivity contribution in [2.45, 2.75) is 0 Å². The summed E-state index contributed by atoms with van der Waals surface area (Å²) in [6.07, 6.45) is 9.07. The molecule has 0 aromatic carbocycles. The van der Waals surface area contributed by atoms with Crippen molar-refractivity contribution in [3.8, 4) is 11.3 Å². The fraction of sp³-hybridized carbons (Fsp3) is 0. The second kappa shape index (κ2) is 3.55. The second-order valence-corrected chi connectivity index (χ2v) is 4.30. The fourth-order valence-corrected chi connectivity index (χ4v) is 2.15. The van der Waals surface area contributed by atoms with Crippen molar-refractivity contribution in [3.63, 3.8) is 0 Å². The molecular formula is C13H10N6. The first-order valence-corrected chi connectivity index (χ1v) is 5.84. The van der Waals surface area contributed by atoms with Gasteiger partial charge in [-0.05, 0) is 12.1 Å². The van der Waals surface area contributed by atoms with Crippen LogP contribution in [0.4, 0.5) is 5.82 Å². The first kappa shape index (κ1) is 10.1. The Morgan fingerprint density at radius 3 is 3.11 bits per heavy atom. The van der Waals surface area contributed by atoms with Crippen LogP contribution < -0.4 is 5.73 Å². The van der Waals surface area contributed by atoms with E-state index in [1.807, 2.05) is 41.3 Å². The summed E-state index contributed by atoms with van der Waals surface area (Å²) in [4.78, 5) is 16.0. The largest absolute Gasteiger partial charge is 0.381 e. The monoisotopic (exact) mass is 250 g/mol. The number of fused-ring (bicyclic) bond motifs is 2. The first-order chi connectivity index (χ1) is 9.31. The normalized spacial score (nSPS) is 11.4. The molecule has 0 radical (unpaired) electrons. The zero-order valence-corrected chi connectivity index (χ0v) is 9.91. The van der Waals surface area contributed by atoms with E-state index in [2.05, 4.69) is 19.9 Å². The van der Waals surface area contributed by atoms with Crippen LogP contribution in [0.3, 0.4) is 0 Å². The Hall–Kier alpha value is -2.89. The molecule has 4 heterocycles. The minimum absolute atomic E-state index is 0.419. The zero-order chi connectivity index (χ0) is 12.8. The van der Waals surface area contributed by atoms with E-state index in [4.69, 9.17) is 5.73 Å². The number of nitrogens with one attached hydrogen (secondary N) is 1. The Kier molecular flexibility index (Phi) is 1.88. The van der Waals surface area contributed by atoms with E-state index in [9.17, 15) is 0 Å². The highest BCUT2D eigenvalue weighted by atomic mass is 15.1. The number of hydrogen-bond acceptors (Lipinski definition) is 4. The van der Waals surface area contributed by atoms with Gasteiger partial charge in [0, 0.05) is 36.5 Å². The van der Waals surface area contributed by atoms with Crippen molar-refractivity contribution in [1.82, 2.24) is 24.3 Å². The Bertz CT molecular complexity index is 888. The molecule has 0 bridgehead atoms. The van der Waals surface area contributed by atoms with Crippen molar-refractivity contribution >= 4 is 22.5 Å². The summed E-state index contributed by atoms with van der Waals surface area (Å²) >= 11 is 0. The van der Waals surface area contributed by atoms with Crippen molar-refractivity contribution in [1.29, 1.82) is 0 Å². The van der Waals surface area contributed by atoms with E-state index < -0.39 is 0 Å². The first-order valence-electron chi connectivity index (χ1n) is 5.84. The molecule has 19 heavy (non-hydrogen) atoms. The topological polar surface area (TPSA) is 84.9 Å². The second-order valence-electron chi connectivity index (χ2n) is 4.30. The molecule has 3 N–H and O–H groups in total. The maximum atomic E-state index is 5.81. The molecule has 0 fully saturated rings. The Morgan fingerprint density at radius 1 is 1.26 bits per heavy atom. The van der Waals surface area contributed by atoms with Crippen LogP contribution in [0.1, 0.15) is 0 Å². The number of anilines is 1. The molecule has 6 heteroatoms. The summed E-state index contributed by atoms with van der Waals surface area (Å²) in [7, 11) is 0. The summed E-state index contributed by atoms with van der Waals surface area (Å²) in [5.74, 6) is 0.419. The smallest absolute Gasteiger partial charge is 0.180 e. The molecule has 0 saturated heterocycles. The lowest BCUT2D eigenvalue weighted by Gasteiger charge is -1.95. The van der Waals surface area contributed by atoms with Gasteiger partial charge in [-0.3, -0.25) is 4.98 Å². The third-order valence-electron chi connectivity index (χ3n) is 3.10. The van der Waals surface area contributed by atoms with Gasteiger partial charge in [0.1, 0.15) is 0 Å². The van der Waals surface area contributed by atoms with Crippen molar-refractivity contribution in [3.05, 3.63) is 43.1 Å². The summed E-state index contributed by atoms with van der Waals surface area (Å²) in [5.41, 5.74) is 10.2. The van der Waals surface area contributed by atoms with Crippen LogP contribution in [0.15, 0.2) is 43.1 Å². The fourth-order valence-electron chi connectivity index (χ4n) is 2.15. The molecule has 0 amide bonds. The minimum Gasteiger partial charge on any atom is -0.381 e. The van der Waals surface area contributed by atoms with Gasteiger partial charge in [0.25, 0.3) is 0 Å². The molecule has 0 aliphatic heterocycles. The SMILES string of the molecule is Nc1nccn2cc(-c3cnc4cc[nH]c4c3)nc12. The molecule has 0 spiro atoms. The maximum Gasteiger partial charge on any atom is 0.180 e. The predicted octanol–water partition coefficient (Wildman–Crippen LogP) is 1.85. The lowest BCUT2D eigenvalue weighted by Crippen LogP contribution is -1.94. The molecule has 0 atom stereocenters. The van der Waals surface area contributed by atoms with Gasteiger partial charge in [-0.25, -0.2) is 9.97 Å². The van der Waals surface area contributed by atoms with E-state index in [1.54, 1.807) is 6.20 Å². The molecule has 4 rings (SSSR count). The van der Waals surface area contributed by atoms with Crippen molar-refractivity contribution in [2.24, 2.45) is 0 Å². The van der Waals surface area contributed by atoms with Gasteiger partial charge in [-0.15, -0.1) is 0 Å². The van der Waals surface area contributed by atoms with Crippen LogP contribution >= 0.6 is 0 Å². The molecular weight excluding hydrogens is 240 g/mol. The third-order valence-corrected chi connectivity index (χ3v) is 3.10. The number of rotatable bonds is 1. The molecule has 4 aromatic heterocycles. The number of hydrogen-bond donors (Lipinski definition) is 2. The highest BCUT2D eigenvalue weighted by Crippen LogP contribution is 2.22. The van der Waals surface area contributed by atoms with E-state index in [1.165, 1.54) is 0 Å². The summed E-state index contributed by atoms with van der Waals surface area (Å²) in [6.45, 7) is 0. The van der Waals surface area contributed by atoms with Crippen LogP contribution in [-0.2, 0) is 0 Å². The van der Waals surface area contributed by atoms with Crippen LogP contribution in [-0.4, -0.2) is 24.3 Å². The highest BCUT2D eigenvalue weighted by molar-refractivity contribution is 5.80. The van der Waals surface area contributed by atoms with Gasteiger partial charge in [0.15, 0.2) is 11.5 Å². The van der Waals surface area contributed by atoms with Gasteiger partial charge < -0.3 is 15.1 Å². The van der Waals surface area contributed by atoms with E-state index >= 15 is 0 Å².